The van der Waals surface area contributed by atoms with Crippen molar-refractivity contribution >= 4 is 11.9 Å². The first-order valence-corrected chi connectivity index (χ1v) is 12.3. The van der Waals surface area contributed by atoms with Crippen molar-refractivity contribution in [3.8, 4) is 0 Å². The third-order valence-corrected chi connectivity index (χ3v) is 7.82. The average Bonchev–Trinajstić information content (AvgIpc) is 2.99. The van der Waals surface area contributed by atoms with Gasteiger partial charge in [0.2, 0.25) is 0 Å². The molecule has 2 rings (SSSR count). The quantitative estimate of drug-likeness (QED) is 0.374. The fourth-order valence-electron chi connectivity index (χ4n) is 5.61. The summed E-state index contributed by atoms with van der Waals surface area (Å²) in [5.74, 6) is -1.31. The summed E-state index contributed by atoms with van der Waals surface area (Å²) in [5.41, 5.74) is -2.30. The Balaban J connectivity index is 1.77. The molecule has 0 aromatic carbocycles. The molecular formula is C25H46N2O6. The van der Waals surface area contributed by atoms with E-state index in [-0.39, 0.29) is 24.0 Å². The third kappa shape index (κ3) is 5.72. The molecule has 0 amide bonds. The number of esters is 2. The van der Waals surface area contributed by atoms with Crippen molar-refractivity contribution in [1.82, 2.24) is 10.1 Å². The van der Waals surface area contributed by atoms with Crippen molar-refractivity contribution < 1.29 is 29.5 Å². The van der Waals surface area contributed by atoms with Crippen LogP contribution in [0.3, 0.4) is 0 Å². The van der Waals surface area contributed by atoms with Crippen LogP contribution in [-0.2, 0) is 19.1 Å². The van der Waals surface area contributed by atoms with Crippen LogP contribution in [0.25, 0.3) is 0 Å². The maximum absolute atomic E-state index is 12.9. The number of carbonyl (C=O) groups is 2. The second-order valence-electron chi connectivity index (χ2n) is 12.2. The van der Waals surface area contributed by atoms with Gasteiger partial charge in [0, 0.05) is 11.1 Å². The summed E-state index contributed by atoms with van der Waals surface area (Å²) in [5, 5.41) is 23.4. The molecule has 33 heavy (non-hydrogen) atoms. The molecule has 0 aromatic rings. The van der Waals surface area contributed by atoms with Crippen molar-refractivity contribution in [3.63, 3.8) is 0 Å². The molecule has 2 aliphatic heterocycles. The minimum absolute atomic E-state index is 0.197. The molecule has 2 aliphatic rings. The predicted molar refractivity (Wildman–Crippen MR) is 125 cm³/mol. The highest BCUT2D eigenvalue weighted by Gasteiger charge is 2.56. The lowest BCUT2D eigenvalue weighted by atomic mass is 9.87. The van der Waals surface area contributed by atoms with Gasteiger partial charge in [-0.1, -0.05) is 6.92 Å². The van der Waals surface area contributed by atoms with Gasteiger partial charge in [-0.15, -0.1) is 0 Å². The molecule has 0 aliphatic carbocycles. The van der Waals surface area contributed by atoms with Gasteiger partial charge in [0.15, 0.2) is 0 Å². The smallest absolute Gasteiger partial charge is 0.311 e. The fraction of sp³-hybridized carbons (Fsp3) is 0.920. The summed E-state index contributed by atoms with van der Waals surface area (Å²) in [7, 11) is 0. The van der Waals surface area contributed by atoms with Crippen LogP contribution >= 0.6 is 0 Å². The minimum atomic E-state index is -0.681. The Hall–Kier alpha value is -1.22. The highest BCUT2D eigenvalue weighted by atomic mass is 16.6. The van der Waals surface area contributed by atoms with Crippen LogP contribution in [-0.4, -0.2) is 67.3 Å². The third-order valence-electron chi connectivity index (χ3n) is 7.82. The number of nitrogens with zero attached hydrogens (tertiary/aromatic N) is 2. The van der Waals surface area contributed by atoms with Gasteiger partial charge in [0.05, 0.1) is 29.5 Å². The van der Waals surface area contributed by atoms with Crippen molar-refractivity contribution in [1.29, 1.82) is 0 Å². The molecule has 2 N–H and O–H groups in total. The number of hydrogen-bond donors (Lipinski definition) is 2. The number of carbonyl (C=O) groups excluding carboxylic acids is 2. The van der Waals surface area contributed by atoms with Crippen LogP contribution in [0.15, 0.2) is 0 Å². The lowest BCUT2D eigenvalue weighted by Crippen LogP contribution is -2.48. The van der Waals surface area contributed by atoms with Crippen LogP contribution < -0.4 is 0 Å². The van der Waals surface area contributed by atoms with E-state index in [1.54, 1.807) is 0 Å². The number of hydrogen-bond acceptors (Lipinski definition) is 8. The first-order valence-electron chi connectivity index (χ1n) is 12.3. The molecular weight excluding hydrogens is 424 g/mol. The Labute approximate surface area is 199 Å². The Kier molecular flexibility index (Phi) is 8.32. The topological polar surface area (TPSA) is 99.5 Å². The van der Waals surface area contributed by atoms with Crippen molar-refractivity contribution in [2.24, 2.45) is 11.8 Å². The molecule has 0 spiro atoms. The molecule has 192 valence electrons. The minimum Gasteiger partial charge on any atom is -0.465 e. The molecule has 3 atom stereocenters. The molecule has 0 aromatic heterocycles. The Morgan fingerprint density at radius 3 is 1.70 bits per heavy atom. The summed E-state index contributed by atoms with van der Waals surface area (Å²) in [6.45, 7) is 17.4. The predicted octanol–water partition coefficient (Wildman–Crippen LogP) is 4.56. The van der Waals surface area contributed by atoms with Crippen molar-refractivity contribution in [2.45, 2.75) is 129 Å². The molecule has 2 fully saturated rings. The summed E-state index contributed by atoms with van der Waals surface area (Å²) in [6, 6.07) is 0. The Bertz CT molecular complexity index is 718. The average molecular weight is 471 g/mol. The van der Waals surface area contributed by atoms with E-state index in [9.17, 15) is 20.0 Å². The van der Waals surface area contributed by atoms with E-state index >= 15 is 0 Å². The molecule has 2 heterocycles. The first-order chi connectivity index (χ1) is 15.0. The maximum Gasteiger partial charge on any atom is 0.311 e. The molecule has 0 radical (unpaired) electrons. The monoisotopic (exact) mass is 470 g/mol. The van der Waals surface area contributed by atoms with Gasteiger partial charge in [-0.2, -0.15) is 10.1 Å². The molecule has 8 heteroatoms. The van der Waals surface area contributed by atoms with Crippen molar-refractivity contribution in [3.05, 3.63) is 0 Å². The Morgan fingerprint density at radius 2 is 1.30 bits per heavy atom. The van der Waals surface area contributed by atoms with Gasteiger partial charge in [0.25, 0.3) is 0 Å². The summed E-state index contributed by atoms with van der Waals surface area (Å²) in [6.07, 6.45) is 3.76. The zero-order valence-corrected chi connectivity index (χ0v) is 22.1. The lowest BCUT2D eigenvalue weighted by Gasteiger charge is -2.35. The van der Waals surface area contributed by atoms with E-state index in [0.717, 1.165) is 6.42 Å². The van der Waals surface area contributed by atoms with E-state index in [0.29, 0.717) is 38.7 Å². The van der Waals surface area contributed by atoms with E-state index in [1.165, 1.54) is 10.1 Å². The van der Waals surface area contributed by atoms with Crippen molar-refractivity contribution in [2.75, 3.05) is 6.61 Å². The molecule has 0 bridgehead atoms. The van der Waals surface area contributed by atoms with Gasteiger partial charge < -0.3 is 19.9 Å². The molecule has 2 saturated heterocycles. The lowest BCUT2D eigenvalue weighted by molar-refractivity contribution is -0.201. The highest BCUT2D eigenvalue weighted by Crippen LogP contribution is 2.45. The van der Waals surface area contributed by atoms with E-state index in [4.69, 9.17) is 9.47 Å². The Morgan fingerprint density at radius 1 is 0.848 bits per heavy atom. The molecule has 8 nitrogen and oxygen atoms in total. The van der Waals surface area contributed by atoms with E-state index in [2.05, 4.69) is 0 Å². The van der Waals surface area contributed by atoms with Crippen LogP contribution in [0.1, 0.15) is 101 Å². The highest BCUT2D eigenvalue weighted by molar-refractivity contribution is 5.75. The van der Waals surface area contributed by atoms with Crippen LogP contribution in [0.4, 0.5) is 0 Å². The van der Waals surface area contributed by atoms with E-state index in [1.807, 2.05) is 62.3 Å². The summed E-state index contributed by atoms with van der Waals surface area (Å²) < 4.78 is 11.3. The van der Waals surface area contributed by atoms with Gasteiger partial charge in [-0.3, -0.25) is 9.59 Å². The second-order valence-corrected chi connectivity index (χ2v) is 12.2. The van der Waals surface area contributed by atoms with E-state index < -0.39 is 28.1 Å². The molecule has 0 saturated carbocycles. The van der Waals surface area contributed by atoms with Gasteiger partial charge >= 0.3 is 11.9 Å². The number of hydroxylamine groups is 4. The SMILES string of the molecule is CCC(CCCCOC(=O)C1CC(C)(C)N(O)C1(C)C)OC(=O)C1CC(C)(C)N(O)C1(C)C. The largest absolute Gasteiger partial charge is 0.465 e. The summed E-state index contributed by atoms with van der Waals surface area (Å²) in [4.78, 5) is 25.5. The normalized spacial score (nSPS) is 29.1. The number of unbranched alkanes of at least 4 members (excludes halogenated alkanes) is 1. The van der Waals surface area contributed by atoms with Gasteiger partial charge in [0.1, 0.15) is 6.10 Å². The maximum atomic E-state index is 12.9. The number of ether oxygens (including phenoxy) is 2. The van der Waals surface area contributed by atoms with Crippen LogP contribution in [0.2, 0.25) is 0 Å². The second kappa shape index (κ2) is 9.80. The summed E-state index contributed by atoms with van der Waals surface area (Å²) >= 11 is 0. The van der Waals surface area contributed by atoms with Crippen LogP contribution in [0, 0.1) is 11.8 Å². The van der Waals surface area contributed by atoms with Crippen LogP contribution in [0.5, 0.6) is 0 Å². The molecule has 3 unspecified atom stereocenters. The fourth-order valence-corrected chi connectivity index (χ4v) is 5.61. The standard InChI is InChI=1S/C25H46N2O6/c1-10-17(33-21(29)19-16-23(4,5)27(31)25(19,8)9)13-11-12-14-32-20(28)18-15-22(2,3)26(30)24(18,6)7/h17-19,30-31H,10-16H2,1-9H3. The van der Waals surface area contributed by atoms with Gasteiger partial charge in [-0.25, -0.2) is 0 Å². The zero-order chi connectivity index (χ0) is 25.4. The van der Waals surface area contributed by atoms with Gasteiger partial charge in [-0.05, 0) is 93.9 Å². The first kappa shape index (κ1) is 28.0. The zero-order valence-electron chi connectivity index (χ0n) is 22.1. The number of rotatable bonds is 9.